The van der Waals surface area contributed by atoms with Crippen molar-refractivity contribution in [1.29, 1.82) is 0 Å². The maximum atomic E-state index is 13.3. The van der Waals surface area contributed by atoms with Crippen molar-refractivity contribution in [1.82, 2.24) is 0 Å². The number of halogens is 2. The van der Waals surface area contributed by atoms with E-state index < -0.39 is 17.7 Å². The Morgan fingerprint density at radius 1 is 1.38 bits per heavy atom. The molecule has 0 radical (unpaired) electrons. The van der Waals surface area contributed by atoms with Gasteiger partial charge < -0.3 is 9.84 Å². The summed E-state index contributed by atoms with van der Waals surface area (Å²) in [7, 11) is 0. The first-order valence-electron chi connectivity index (χ1n) is 5.42. The second-order valence-electron chi connectivity index (χ2n) is 4.02. The second kappa shape index (κ2) is 4.89. The minimum atomic E-state index is -1.13. The lowest BCUT2D eigenvalue weighted by Gasteiger charge is -2.16. The molecule has 16 heavy (non-hydrogen) atoms. The van der Waals surface area contributed by atoms with Crippen molar-refractivity contribution in [2.75, 3.05) is 6.61 Å². The van der Waals surface area contributed by atoms with Gasteiger partial charge in [-0.25, -0.2) is 8.78 Å². The van der Waals surface area contributed by atoms with E-state index in [-0.39, 0.29) is 18.1 Å². The van der Waals surface area contributed by atoms with Crippen LogP contribution in [-0.2, 0) is 4.74 Å². The SMILES string of the molecule is OC(CC1CCCO1)c1c(F)cccc1F. The molecule has 1 N–H and O–H groups in total. The molecule has 88 valence electrons. The Hall–Kier alpha value is -1.00. The summed E-state index contributed by atoms with van der Waals surface area (Å²) in [6.07, 6.45) is 0.806. The molecule has 2 atom stereocenters. The van der Waals surface area contributed by atoms with Gasteiger partial charge in [0.1, 0.15) is 11.6 Å². The predicted octanol–water partition coefficient (Wildman–Crippen LogP) is 2.57. The number of ether oxygens (including phenoxy) is 1. The van der Waals surface area contributed by atoms with Crippen LogP contribution in [0, 0.1) is 11.6 Å². The fourth-order valence-electron chi connectivity index (χ4n) is 2.03. The minimum absolute atomic E-state index is 0.0889. The van der Waals surface area contributed by atoms with Gasteiger partial charge in [0.2, 0.25) is 0 Å². The van der Waals surface area contributed by atoms with Gasteiger partial charge in [0.25, 0.3) is 0 Å². The third-order valence-corrected chi connectivity index (χ3v) is 2.84. The smallest absolute Gasteiger partial charge is 0.131 e. The molecule has 1 aliphatic heterocycles. The van der Waals surface area contributed by atoms with Crippen LogP contribution in [0.2, 0.25) is 0 Å². The summed E-state index contributed by atoms with van der Waals surface area (Å²) < 4.78 is 32.0. The molecular weight excluding hydrogens is 214 g/mol. The maximum Gasteiger partial charge on any atom is 0.131 e. The van der Waals surface area contributed by atoms with Crippen LogP contribution < -0.4 is 0 Å². The molecule has 0 aromatic heterocycles. The number of aliphatic hydroxyl groups is 1. The van der Waals surface area contributed by atoms with Gasteiger partial charge >= 0.3 is 0 Å². The summed E-state index contributed by atoms with van der Waals surface area (Å²) in [5.41, 5.74) is -0.252. The van der Waals surface area contributed by atoms with E-state index in [0.29, 0.717) is 6.61 Å². The maximum absolute atomic E-state index is 13.3. The molecule has 0 spiro atoms. The molecule has 0 saturated carbocycles. The monoisotopic (exact) mass is 228 g/mol. The fourth-order valence-corrected chi connectivity index (χ4v) is 2.03. The number of hydrogen-bond donors (Lipinski definition) is 1. The van der Waals surface area contributed by atoms with Gasteiger partial charge in [-0.3, -0.25) is 0 Å². The van der Waals surface area contributed by atoms with Crippen molar-refractivity contribution in [2.45, 2.75) is 31.5 Å². The van der Waals surface area contributed by atoms with Crippen LogP contribution >= 0.6 is 0 Å². The Bertz CT molecular complexity index is 342. The molecule has 1 heterocycles. The van der Waals surface area contributed by atoms with E-state index in [1.807, 2.05) is 0 Å². The molecule has 2 nitrogen and oxygen atoms in total. The second-order valence-corrected chi connectivity index (χ2v) is 4.02. The van der Waals surface area contributed by atoms with Gasteiger partial charge in [-0.1, -0.05) is 6.07 Å². The largest absolute Gasteiger partial charge is 0.388 e. The Morgan fingerprint density at radius 3 is 2.62 bits per heavy atom. The van der Waals surface area contributed by atoms with E-state index in [4.69, 9.17) is 4.74 Å². The normalized spacial score (nSPS) is 22.3. The van der Waals surface area contributed by atoms with Crippen LogP contribution in [-0.4, -0.2) is 17.8 Å². The summed E-state index contributed by atoms with van der Waals surface area (Å²) >= 11 is 0. The number of benzene rings is 1. The van der Waals surface area contributed by atoms with Gasteiger partial charge in [-0.2, -0.15) is 0 Å². The van der Waals surface area contributed by atoms with Gasteiger partial charge in [-0.05, 0) is 25.0 Å². The highest BCUT2D eigenvalue weighted by Gasteiger charge is 2.24. The summed E-state index contributed by atoms with van der Waals surface area (Å²) in [6, 6.07) is 3.58. The molecule has 1 fully saturated rings. The lowest BCUT2D eigenvalue weighted by atomic mass is 10.0. The average molecular weight is 228 g/mol. The van der Waals surface area contributed by atoms with Crippen molar-refractivity contribution in [3.8, 4) is 0 Å². The molecule has 2 unspecified atom stereocenters. The van der Waals surface area contributed by atoms with E-state index in [0.717, 1.165) is 25.0 Å². The van der Waals surface area contributed by atoms with E-state index in [9.17, 15) is 13.9 Å². The molecule has 0 bridgehead atoms. The van der Waals surface area contributed by atoms with Gasteiger partial charge in [-0.15, -0.1) is 0 Å². The molecule has 2 rings (SSSR count). The van der Waals surface area contributed by atoms with Crippen LogP contribution in [0.1, 0.15) is 30.9 Å². The van der Waals surface area contributed by atoms with Crippen LogP contribution in [0.4, 0.5) is 8.78 Å². The van der Waals surface area contributed by atoms with E-state index >= 15 is 0 Å². The minimum Gasteiger partial charge on any atom is -0.388 e. The molecule has 1 saturated heterocycles. The average Bonchev–Trinajstić information content (AvgIpc) is 2.70. The number of aliphatic hydroxyl groups excluding tert-OH is 1. The van der Waals surface area contributed by atoms with Crippen molar-refractivity contribution in [3.05, 3.63) is 35.4 Å². The zero-order valence-corrected chi connectivity index (χ0v) is 8.83. The van der Waals surface area contributed by atoms with Gasteiger partial charge in [0, 0.05) is 13.0 Å². The van der Waals surface area contributed by atoms with E-state index in [2.05, 4.69) is 0 Å². The molecule has 1 aromatic carbocycles. The van der Waals surface area contributed by atoms with Gasteiger partial charge in [0.05, 0.1) is 17.8 Å². The van der Waals surface area contributed by atoms with Crippen LogP contribution in [0.25, 0.3) is 0 Å². The summed E-state index contributed by atoms with van der Waals surface area (Å²) in [4.78, 5) is 0. The summed E-state index contributed by atoms with van der Waals surface area (Å²) in [5.74, 6) is -1.41. The first kappa shape index (κ1) is 11.5. The topological polar surface area (TPSA) is 29.5 Å². The highest BCUT2D eigenvalue weighted by atomic mass is 19.1. The molecular formula is C12H14F2O2. The lowest BCUT2D eigenvalue weighted by molar-refractivity contribution is 0.0508. The Kier molecular flexibility index (Phi) is 3.51. The third kappa shape index (κ3) is 2.39. The highest BCUT2D eigenvalue weighted by molar-refractivity contribution is 5.22. The lowest BCUT2D eigenvalue weighted by Crippen LogP contribution is -2.13. The van der Waals surface area contributed by atoms with Crippen molar-refractivity contribution < 1.29 is 18.6 Å². The molecule has 4 heteroatoms. The fraction of sp³-hybridized carbons (Fsp3) is 0.500. The van der Waals surface area contributed by atoms with Crippen molar-refractivity contribution in [2.24, 2.45) is 0 Å². The molecule has 1 aromatic rings. The van der Waals surface area contributed by atoms with Crippen molar-refractivity contribution in [3.63, 3.8) is 0 Å². The Balaban J connectivity index is 2.10. The van der Waals surface area contributed by atoms with E-state index in [1.165, 1.54) is 6.07 Å². The zero-order chi connectivity index (χ0) is 11.5. The first-order valence-corrected chi connectivity index (χ1v) is 5.42. The van der Waals surface area contributed by atoms with E-state index in [1.54, 1.807) is 0 Å². The zero-order valence-electron chi connectivity index (χ0n) is 8.83. The van der Waals surface area contributed by atoms with Gasteiger partial charge in [0.15, 0.2) is 0 Å². The number of hydrogen-bond acceptors (Lipinski definition) is 2. The van der Waals surface area contributed by atoms with Crippen LogP contribution in [0.3, 0.4) is 0 Å². The van der Waals surface area contributed by atoms with Crippen LogP contribution in [0.5, 0.6) is 0 Å². The predicted molar refractivity (Wildman–Crippen MR) is 54.9 cm³/mol. The van der Waals surface area contributed by atoms with Crippen molar-refractivity contribution >= 4 is 0 Å². The third-order valence-electron chi connectivity index (χ3n) is 2.84. The highest BCUT2D eigenvalue weighted by Crippen LogP contribution is 2.28. The summed E-state index contributed by atoms with van der Waals surface area (Å²) in [6.45, 7) is 0.664. The van der Waals surface area contributed by atoms with Crippen LogP contribution in [0.15, 0.2) is 18.2 Å². The summed E-state index contributed by atoms with van der Waals surface area (Å²) in [5, 5.41) is 9.78. The standard InChI is InChI=1S/C12H14F2O2/c13-9-4-1-5-10(14)12(9)11(15)7-8-3-2-6-16-8/h1,4-5,8,11,15H,2-3,6-7H2. The molecule has 0 aliphatic carbocycles. The Morgan fingerprint density at radius 2 is 2.06 bits per heavy atom. The molecule has 0 amide bonds. The first-order chi connectivity index (χ1) is 7.68. The quantitative estimate of drug-likeness (QED) is 0.861. The molecule has 1 aliphatic rings. The Labute approximate surface area is 92.9 Å². The number of rotatable bonds is 3.